The number of hydrogen-bond acceptors (Lipinski definition) is 5. The number of hydrogen-bond donors (Lipinski definition) is 2. The summed E-state index contributed by atoms with van der Waals surface area (Å²) in [5, 5.41) is 0. The van der Waals surface area contributed by atoms with E-state index >= 15 is 0 Å². The van der Waals surface area contributed by atoms with Gasteiger partial charge in [-0.1, -0.05) is 42.5 Å². The van der Waals surface area contributed by atoms with Gasteiger partial charge in [0.15, 0.2) is 5.69 Å². The average molecular weight is 462 g/mol. The van der Waals surface area contributed by atoms with Gasteiger partial charge in [0, 0.05) is 13.7 Å². The van der Waals surface area contributed by atoms with Crippen LogP contribution >= 0.6 is 0 Å². The minimum absolute atomic E-state index is 0.0271. The van der Waals surface area contributed by atoms with Crippen molar-refractivity contribution in [3.05, 3.63) is 92.1 Å². The summed E-state index contributed by atoms with van der Waals surface area (Å²) in [4.78, 5) is 41.3. The summed E-state index contributed by atoms with van der Waals surface area (Å²) in [5.74, 6) is -1.47. The van der Waals surface area contributed by atoms with Gasteiger partial charge in [0.25, 0.3) is 11.5 Å². The lowest BCUT2D eigenvalue weighted by atomic mass is 10.1. The van der Waals surface area contributed by atoms with Crippen molar-refractivity contribution in [1.82, 2.24) is 9.55 Å². The Labute approximate surface area is 186 Å². The Morgan fingerprint density at radius 1 is 1.09 bits per heavy atom. The molecule has 3 N–H and O–H groups in total. The van der Waals surface area contributed by atoms with Crippen molar-refractivity contribution < 1.29 is 22.7 Å². The van der Waals surface area contributed by atoms with Crippen LogP contribution in [0.4, 0.5) is 24.7 Å². The van der Waals surface area contributed by atoms with Gasteiger partial charge in [-0.2, -0.15) is 13.2 Å². The number of nitrogens with zero attached hydrogens (tertiary/aromatic N) is 2. The second-order valence-corrected chi connectivity index (χ2v) is 7.06. The number of ether oxygens (including phenoxy) is 1. The largest absolute Gasteiger partial charge is 0.417 e. The van der Waals surface area contributed by atoms with Crippen molar-refractivity contribution in [2.75, 3.05) is 30.9 Å². The van der Waals surface area contributed by atoms with Gasteiger partial charge in [0.2, 0.25) is 0 Å². The van der Waals surface area contributed by atoms with Gasteiger partial charge in [0.05, 0.1) is 24.3 Å². The number of nitrogen functional groups attached to an aromatic ring is 1. The Morgan fingerprint density at radius 3 is 2.36 bits per heavy atom. The van der Waals surface area contributed by atoms with Crippen LogP contribution in [0.2, 0.25) is 0 Å². The molecule has 1 heterocycles. The number of nitrogens with one attached hydrogen (secondary N) is 1. The van der Waals surface area contributed by atoms with E-state index in [-0.39, 0.29) is 25.5 Å². The molecular weight excluding hydrogens is 441 g/mol. The van der Waals surface area contributed by atoms with Crippen LogP contribution in [0, 0.1) is 0 Å². The minimum Gasteiger partial charge on any atom is -0.383 e. The predicted octanol–water partition coefficient (Wildman–Crippen LogP) is 2.48. The molecule has 1 aromatic heterocycles. The van der Waals surface area contributed by atoms with Crippen LogP contribution in [0.3, 0.4) is 0 Å². The normalized spacial score (nSPS) is 11.4. The Hall–Kier alpha value is -3.86. The number of carbonyl (C=O) groups excluding carboxylic acids is 1. The lowest BCUT2D eigenvalue weighted by molar-refractivity contribution is -0.137. The highest BCUT2D eigenvalue weighted by atomic mass is 19.4. The molecule has 0 aliphatic heterocycles. The Bertz CT molecular complexity index is 1250. The van der Waals surface area contributed by atoms with Crippen molar-refractivity contribution in [2.45, 2.75) is 12.7 Å². The molecule has 1 amide bonds. The number of nitrogens with two attached hydrogens (primary N) is 1. The molecule has 174 valence electrons. The Morgan fingerprint density at radius 2 is 1.73 bits per heavy atom. The number of aromatic nitrogens is 2. The number of H-pyrrole nitrogens is 1. The van der Waals surface area contributed by atoms with E-state index in [0.29, 0.717) is 5.56 Å². The summed E-state index contributed by atoms with van der Waals surface area (Å²) >= 11 is 0. The maximum atomic E-state index is 13.5. The van der Waals surface area contributed by atoms with Crippen molar-refractivity contribution in [3.63, 3.8) is 0 Å². The van der Waals surface area contributed by atoms with Crippen molar-refractivity contribution >= 4 is 17.4 Å². The fourth-order valence-corrected chi connectivity index (χ4v) is 3.32. The zero-order valence-electron chi connectivity index (χ0n) is 17.6. The minimum atomic E-state index is -4.80. The summed E-state index contributed by atoms with van der Waals surface area (Å²) in [6.07, 6.45) is -4.80. The lowest BCUT2D eigenvalue weighted by Gasteiger charge is -2.25. The van der Waals surface area contributed by atoms with Gasteiger partial charge in [-0.25, -0.2) is 4.79 Å². The summed E-state index contributed by atoms with van der Waals surface area (Å²) in [6.45, 7) is -0.407. The zero-order chi connectivity index (χ0) is 24.2. The molecule has 0 spiro atoms. The zero-order valence-corrected chi connectivity index (χ0v) is 17.6. The van der Waals surface area contributed by atoms with E-state index in [9.17, 15) is 27.6 Å². The Balaban J connectivity index is 2.16. The highest BCUT2D eigenvalue weighted by Gasteiger charge is 2.37. The number of anilines is 2. The number of alkyl halides is 3. The van der Waals surface area contributed by atoms with Gasteiger partial charge < -0.3 is 10.5 Å². The summed E-state index contributed by atoms with van der Waals surface area (Å²) < 4.78 is 46.5. The smallest absolute Gasteiger partial charge is 0.383 e. The van der Waals surface area contributed by atoms with Crippen molar-refractivity contribution in [1.29, 1.82) is 0 Å². The average Bonchev–Trinajstić information content (AvgIpc) is 2.78. The number of benzene rings is 2. The monoisotopic (exact) mass is 462 g/mol. The second kappa shape index (κ2) is 9.74. The van der Waals surface area contributed by atoms with Crippen LogP contribution in [-0.2, 0) is 17.5 Å². The number of carbonyl (C=O) groups is 1. The fourth-order valence-electron chi connectivity index (χ4n) is 3.32. The van der Waals surface area contributed by atoms with Crippen LogP contribution in [0.1, 0.15) is 21.5 Å². The van der Waals surface area contributed by atoms with Gasteiger partial charge in [-0.15, -0.1) is 0 Å². The molecule has 0 radical (unpaired) electrons. The molecule has 11 heteroatoms. The maximum absolute atomic E-state index is 13.5. The van der Waals surface area contributed by atoms with Crippen LogP contribution < -0.4 is 21.9 Å². The van der Waals surface area contributed by atoms with Gasteiger partial charge in [-0.3, -0.25) is 24.0 Å². The molecule has 0 saturated carbocycles. The fraction of sp³-hybridized carbons (Fsp3) is 0.227. The topological polar surface area (TPSA) is 110 Å². The summed E-state index contributed by atoms with van der Waals surface area (Å²) in [5.41, 5.74) is 2.72. The lowest BCUT2D eigenvalue weighted by Crippen LogP contribution is -2.43. The summed E-state index contributed by atoms with van der Waals surface area (Å²) in [7, 11) is 1.33. The van der Waals surface area contributed by atoms with Gasteiger partial charge in [0.1, 0.15) is 5.82 Å². The van der Waals surface area contributed by atoms with Gasteiger partial charge in [-0.05, 0) is 17.7 Å². The van der Waals surface area contributed by atoms with Crippen LogP contribution in [-0.4, -0.2) is 35.7 Å². The standard InChI is InChI=1S/C22H21F3N4O4/c1-33-12-11-28(20(31)15-9-5-6-10-16(15)22(23,24)25)17-18(26)29(21(32)27-19(17)30)13-14-7-3-2-4-8-14/h2-10H,11-13,26H2,1H3,(H,27,30,32). The van der Waals surface area contributed by atoms with Crippen LogP contribution in [0.25, 0.3) is 0 Å². The van der Waals surface area contributed by atoms with Gasteiger partial charge >= 0.3 is 11.9 Å². The van der Waals surface area contributed by atoms with Crippen molar-refractivity contribution in [2.24, 2.45) is 0 Å². The molecule has 3 rings (SSSR count). The first-order chi connectivity index (χ1) is 15.6. The quantitative estimate of drug-likeness (QED) is 0.561. The molecule has 0 saturated heterocycles. The molecule has 0 aliphatic rings. The molecule has 0 fully saturated rings. The molecule has 33 heavy (non-hydrogen) atoms. The van der Waals surface area contributed by atoms with E-state index in [0.717, 1.165) is 27.7 Å². The Kier molecular flexibility index (Phi) is 7.02. The SMILES string of the molecule is COCCN(C(=O)c1ccccc1C(F)(F)F)c1c(N)n(Cc2ccccc2)c(=O)[nH]c1=O. The van der Waals surface area contributed by atoms with E-state index in [1.54, 1.807) is 30.3 Å². The van der Waals surface area contributed by atoms with E-state index in [4.69, 9.17) is 10.5 Å². The third-order valence-electron chi connectivity index (χ3n) is 4.89. The molecular formula is C22H21F3N4O4. The molecule has 0 aliphatic carbocycles. The van der Waals surface area contributed by atoms with Crippen molar-refractivity contribution in [3.8, 4) is 0 Å². The molecule has 3 aromatic rings. The number of methoxy groups -OCH3 is 1. The molecule has 0 unspecified atom stereocenters. The second-order valence-electron chi connectivity index (χ2n) is 7.06. The number of aromatic amines is 1. The molecule has 8 nitrogen and oxygen atoms in total. The van der Waals surface area contributed by atoms with E-state index < -0.39 is 40.1 Å². The third kappa shape index (κ3) is 5.14. The molecule has 0 bridgehead atoms. The first-order valence-electron chi connectivity index (χ1n) is 9.78. The maximum Gasteiger partial charge on any atom is 0.417 e. The van der Waals surface area contributed by atoms with E-state index in [2.05, 4.69) is 4.98 Å². The first kappa shape index (κ1) is 23.8. The van der Waals surface area contributed by atoms with Crippen LogP contribution in [0.15, 0.2) is 64.2 Å². The molecule has 2 aromatic carbocycles. The number of halogens is 3. The highest BCUT2D eigenvalue weighted by Crippen LogP contribution is 2.33. The summed E-state index contributed by atoms with van der Waals surface area (Å²) in [6, 6.07) is 12.9. The van der Waals surface area contributed by atoms with E-state index in [1.807, 2.05) is 0 Å². The molecule has 0 atom stereocenters. The highest BCUT2D eigenvalue weighted by molar-refractivity contribution is 6.08. The first-order valence-corrected chi connectivity index (χ1v) is 9.78. The predicted molar refractivity (Wildman–Crippen MR) is 116 cm³/mol. The third-order valence-corrected chi connectivity index (χ3v) is 4.89. The number of rotatable bonds is 7. The van der Waals surface area contributed by atoms with E-state index in [1.165, 1.54) is 13.2 Å². The number of amides is 1. The van der Waals surface area contributed by atoms with Crippen LogP contribution in [0.5, 0.6) is 0 Å².